The maximum absolute atomic E-state index is 6.35. The van der Waals surface area contributed by atoms with Crippen molar-refractivity contribution in [3.63, 3.8) is 0 Å². The fraction of sp³-hybridized carbons (Fsp3) is 0. The quantitative estimate of drug-likeness (QED) is 0.144. The lowest BCUT2D eigenvalue weighted by Crippen LogP contribution is -2.11. The van der Waals surface area contributed by atoms with E-state index in [1.165, 1.54) is 44.1 Å². The number of fused-ring (bicyclic) bond motifs is 6. The Labute approximate surface area is 401 Å². The van der Waals surface area contributed by atoms with E-state index in [0.29, 0.717) is 0 Å². The van der Waals surface area contributed by atoms with E-state index in [2.05, 4.69) is 264 Å². The molecule has 3 nitrogen and oxygen atoms in total. The summed E-state index contributed by atoms with van der Waals surface area (Å²) in [6.45, 7) is 0. The van der Waals surface area contributed by atoms with Crippen LogP contribution in [-0.2, 0) is 0 Å². The summed E-state index contributed by atoms with van der Waals surface area (Å²) in [7, 11) is 0. The summed E-state index contributed by atoms with van der Waals surface area (Å²) in [4.78, 5) is 2.40. The second-order valence-corrected chi connectivity index (χ2v) is 17.7. The van der Waals surface area contributed by atoms with Crippen molar-refractivity contribution in [3.05, 3.63) is 267 Å². The van der Waals surface area contributed by atoms with Gasteiger partial charge in [-0.3, -0.25) is 0 Å². The highest BCUT2D eigenvalue weighted by Crippen LogP contribution is 2.45. The molecule has 0 unspecified atom stereocenters. The standard InChI is InChI=1S/C66H44N2O/c1-2-16-45(17-3-1)49-18-12-20-51(42-49)56-24-4-8-29-61(56)67(54-22-14-21-52(44-54)57-28-15-33-65-66(57)60-27-7-11-32-64(60)69-65)53-40-38-47(39-41-53)46-34-36-48(37-35-46)50-19-13-23-55(43-50)68-62-30-9-5-25-58(62)59-26-6-10-31-63(59)68/h1-44H. The third-order valence-corrected chi connectivity index (χ3v) is 13.6. The second kappa shape index (κ2) is 16.9. The highest BCUT2D eigenvalue weighted by atomic mass is 16.3. The number of nitrogens with zero attached hydrogens (tertiary/aromatic N) is 2. The summed E-state index contributed by atoms with van der Waals surface area (Å²) in [5.41, 5.74) is 20.2. The molecular weight excluding hydrogens is 837 g/mol. The van der Waals surface area contributed by atoms with Crippen LogP contribution in [0.2, 0.25) is 0 Å². The van der Waals surface area contributed by atoms with E-state index in [9.17, 15) is 0 Å². The van der Waals surface area contributed by atoms with Crippen LogP contribution in [0.4, 0.5) is 17.1 Å². The predicted octanol–water partition coefficient (Wildman–Crippen LogP) is 18.5. The molecule has 0 amide bonds. The molecule has 2 aromatic heterocycles. The van der Waals surface area contributed by atoms with Crippen molar-refractivity contribution in [2.45, 2.75) is 0 Å². The summed E-state index contributed by atoms with van der Waals surface area (Å²) in [5, 5.41) is 4.77. The van der Waals surface area contributed by atoms with Crippen molar-refractivity contribution in [3.8, 4) is 61.3 Å². The smallest absolute Gasteiger partial charge is 0.136 e. The monoisotopic (exact) mass is 880 g/mol. The Hall–Kier alpha value is -9.18. The van der Waals surface area contributed by atoms with E-state index in [-0.39, 0.29) is 0 Å². The minimum absolute atomic E-state index is 0.885. The lowest BCUT2D eigenvalue weighted by Gasteiger charge is -2.28. The maximum atomic E-state index is 6.35. The van der Waals surface area contributed by atoms with Crippen LogP contribution in [0.5, 0.6) is 0 Å². The van der Waals surface area contributed by atoms with Crippen molar-refractivity contribution in [1.82, 2.24) is 4.57 Å². The van der Waals surface area contributed by atoms with Crippen LogP contribution >= 0.6 is 0 Å². The Morgan fingerprint density at radius 3 is 1.54 bits per heavy atom. The highest BCUT2D eigenvalue weighted by Gasteiger charge is 2.20. The fourth-order valence-corrected chi connectivity index (χ4v) is 10.3. The molecule has 0 spiro atoms. The van der Waals surface area contributed by atoms with Crippen LogP contribution in [0.1, 0.15) is 0 Å². The molecular formula is C66H44N2O. The molecule has 0 saturated carbocycles. The third-order valence-electron chi connectivity index (χ3n) is 13.6. The number of benzene rings is 11. The van der Waals surface area contributed by atoms with Crippen molar-refractivity contribution in [1.29, 1.82) is 0 Å². The van der Waals surface area contributed by atoms with Crippen LogP contribution in [-0.4, -0.2) is 4.57 Å². The van der Waals surface area contributed by atoms with Crippen molar-refractivity contribution in [2.24, 2.45) is 0 Å². The molecule has 0 aliphatic rings. The summed E-state index contributed by atoms with van der Waals surface area (Å²) in [6.07, 6.45) is 0. The van der Waals surface area contributed by atoms with Gasteiger partial charge < -0.3 is 13.9 Å². The zero-order valence-electron chi connectivity index (χ0n) is 37.7. The number of para-hydroxylation sites is 4. The van der Waals surface area contributed by atoms with Crippen molar-refractivity contribution in [2.75, 3.05) is 4.90 Å². The molecule has 2 heterocycles. The first kappa shape index (κ1) is 40.1. The summed E-state index contributed by atoms with van der Waals surface area (Å²) in [5.74, 6) is 0. The molecule has 0 radical (unpaired) electrons. The highest BCUT2D eigenvalue weighted by molar-refractivity contribution is 6.13. The van der Waals surface area contributed by atoms with Gasteiger partial charge in [-0.1, -0.05) is 194 Å². The van der Waals surface area contributed by atoms with Gasteiger partial charge in [0.15, 0.2) is 0 Å². The molecule has 0 fully saturated rings. The average molecular weight is 881 g/mol. The minimum Gasteiger partial charge on any atom is -0.456 e. The van der Waals surface area contributed by atoms with Gasteiger partial charge in [-0.05, 0) is 123 Å². The first-order chi connectivity index (χ1) is 34.2. The topological polar surface area (TPSA) is 21.3 Å². The molecule has 69 heavy (non-hydrogen) atoms. The van der Waals surface area contributed by atoms with Gasteiger partial charge in [0, 0.05) is 44.2 Å². The molecule has 13 aromatic rings. The number of hydrogen-bond donors (Lipinski definition) is 0. The molecule has 0 N–H and O–H groups in total. The van der Waals surface area contributed by atoms with E-state index in [4.69, 9.17) is 4.42 Å². The Kier molecular flexibility index (Phi) is 9.84. The van der Waals surface area contributed by atoms with Crippen LogP contribution in [0, 0.1) is 0 Å². The average Bonchev–Trinajstić information content (AvgIpc) is 3.98. The largest absolute Gasteiger partial charge is 0.456 e. The summed E-state index contributed by atoms with van der Waals surface area (Å²) >= 11 is 0. The van der Waals surface area contributed by atoms with Gasteiger partial charge in [0.05, 0.1) is 16.7 Å². The van der Waals surface area contributed by atoms with E-state index in [1.54, 1.807) is 0 Å². The maximum Gasteiger partial charge on any atom is 0.136 e. The SMILES string of the molecule is c1ccc(-c2cccc(-c3ccccc3N(c3ccc(-c4ccc(-c5cccc(-n6c7ccccc7c7ccccc76)c5)cc4)cc3)c3cccc(-c4cccc5oc6ccccc6c45)c3)c2)cc1. The number of hydrogen-bond acceptors (Lipinski definition) is 2. The van der Waals surface area contributed by atoms with Crippen molar-refractivity contribution >= 4 is 60.8 Å². The van der Waals surface area contributed by atoms with Crippen molar-refractivity contribution < 1.29 is 4.42 Å². The van der Waals surface area contributed by atoms with Gasteiger partial charge in [0.2, 0.25) is 0 Å². The molecule has 324 valence electrons. The molecule has 0 bridgehead atoms. The minimum atomic E-state index is 0.885. The number of rotatable bonds is 9. The zero-order valence-corrected chi connectivity index (χ0v) is 37.7. The second-order valence-electron chi connectivity index (χ2n) is 17.7. The van der Waals surface area contributed by atoms with Gasteiger partial charge in [-0.25, -0.2) is 0 Å². The van der Waals surface area contributed by atoms with Gasteiger partial charge >= 0.3 is 0 Å². The van der Waals surface area contributed by atoms with E-state index in [0.717, 1.165) is 78.1 Å². The predicted molar refractivity (Wildman–Crippen MR) is 290 cm³/mol. The lowest BCUT2D eigenvalue weighted by atomic mass is 9.96. The van der Waals surface area contributed by atoms with Gasteiger partial charge in [-0.2, -0.15) is 0 Å². The summed E-state index contributed by atoms with van der Waals surface area (Å²) in [6, 6.07) is 96.1. The summed E-state index contributed by atoms with van der Waals surface area (Å²) < 4.78 is 8.73. The Morgan fingerprint density at radius 2 is 0.783 bits per heavy atom. The normalized spacial score (nSPS) is 11.5. The van der Waals surface area contributed by atoms with Crippen LogP contribution in [0.25, 0.3) is 105 Å². The number of anilines is 3. The molecule has 0 aliphatic heterocycles. The third kappa shape index (κ3) is 7.16. The van der Waals surface area contributed by atoms with Gasteiger partial charge in [0.25, 0.3) is 0 Å². The van der Waals surface area contributed by atoms with E-state index >= 15 is 0 Å². The Balaban J connectivity index is 0.882. The van der Waals surface area contributed by atoms with E-state index in [1.807, 2.05) is 12.1 Å². The molecule has 11 aromatic carbocycles. The van der Waals surface area contributed by atoms with Gasteiger partial charge in [-0.15, -0.1) is 0 Å². The van der Waals surface area contributed by atoms with Crippen LogP contribution < -0.4 is 4.90 Å². The Morgan fingerprint density at radius 1 is 0.290 bits per heavy atom. The molecule has 0 saturated heterocycles. The lowest BCUT2D eigenvalue weighted by molar-refractivity contribution is 0.669. The molecule has 13 rings (SSSR count). The first-order valence-corrected chi connectivity index (χ1v) is 23.6. The number of aromatic nitrogens is 1. The zero-order chi connectivity index (χ0) is 45.7. The fourth-order valence-electron chi connectivity index (χ4n) is 10.3. The first-order valence-electron chi connectivity index (χ1n) is 23.6. The molecule has 0 aliphatic carbocycles. The number of furan rings is 1. The van der Waals surface area contributed by atoms with Crippen LogP contribution in [0.3, 0.4) is 0 Å². The molecule has 0 atom stereocenters. The van der Waals surface area contributed by atoms with E-state index < -0.39 is 0 Å². The van der Waals surface area contributed by atoms with Crippen LogP contribution in [0.15, 0.2) is 271 Å². The molecule has 3 heteroatoms. The van der Waals surface area contributed by atoms with Gasteiger partial charge in [0.1, 0.15) is 11.2 Å². The Bertz CT molecular complexity index is 3960.